The Balaban J connectivity index is 0.000000106. The molecular formula is C132H94BBrCl3N2O8+. The lowest BCUT2D eigenvalue weighted by molar-refractivity contribution is 0.0262. The van der Waals surface area contributed by atoms with Crippen molar-refractivity contribution in [3.63, 3.8) is 0 Å². The number of furan rings is 4. The predicted octanol–water partition coefficient (Wildman–Crippen LogP) is 38.5. The van der Waals surface area contributed by atoms with Crippen molar-refractivity contribution in [3.8, 4) is 61.4 Å². The first kappa shape index (κ1) is 95.2. The fraction of sp³-hybridized carbons (Fsp3) is 0.0455. The number of fused-ring (bicyclic) bond motifs is 18. The van der Waals surface area contributed by atoms with Crippen LogP contribution in [0.4, 0.5) is 28.4 Å². The first-order chi connectivity index (χ1) is 71.8. The molecular weight excluding hydrogens is 1940 g/mol. The van der Waals surface area contributed by atoms with E-state index < -0.39 is 18.3 Å². The van der Waals surface area contributed by atoms with Gasteiger partial charge in [0.15, 0.2) is 6.29 Å². The Bertz CT molecular complexity index is 9150. The standard InChI is InChI=1S/C44H29NO.C24H19N.C20H11ClO.C19H13ClO2.C18H18BO3.C7H4BrClO/c1-3-9-30(10-4-1)32-17-22-36(23-18-32)45(37-24-19-33(20-25-37)31-11-5-2-6-12-31)38-26-21-34-15-16-35-27-42-39-13-7-8-14-43(39)46-44(42)29-41(35)40(34)28-38;1-3-7-19(8-4-1)21-11-15-23(16-12-21)25-24-17-13-22(14-18-24)20-9-5-2-6-10-20;21-14-8-7-12-5-6-13-9-18-15-3-1-2-4-19(15)22-20(18)11-17(13)16(12)10-14;1-21-17-9-7-13(20)11-16(17)12-6-8-15-14-4-2-3-5-18(14)22-19(15)10-12;1-17(2)18(3,4)22-19(21-17)12-9-10-14-13-7-5-6-8-15(13)20-16(14)11-12;8-7-3-6(9)2-1-5(7)4-10/h1-29H;1-18,25H;1-11H;2-11H,1H3;5-11H,1H2,2-4H3;1-4H/q;;;;+1;. The number of hydrogen-bond acceptors (Lipinski definition) is 10. The molecule has 147 heavy (non-hydrogen) atoms. The molecule has 1 aliphatic rings. The van der Waals surface area contributed by atoms with Crippen molar-refractivity contribution in [3.05, 3.63) is 505 Å². The molecule has 5 heterocycles. The molecule has 10 nitrogen and oxygen atoms in total. The zero-order chi connectivity index (χ0) is 100. The molecule has 1 unspecified atom stereocenters. The summed E-state index contributed by atoms with van der Waals surface area (Å²) in [6, 6.07) is 163. The average Bonchev–Trinajstić information content (AvgIpc) is 1.64. The van der Waals surface area contributed by atoms with E-state index in [1.54, 1.807) is 25.3 Å². The van der Waals surface area contributed by atoms with Crippen LogP contribution >= 0.6 is 50.7 Å². The number of anilines is 5. The van der Waals surface area contributed by atoms with E-state index in [9.17, 15) is 4.79 Å². The second kappa shape index (κ2) is 41.6. The fourth-order valence-electron chi connectivity index (χ4n) is 19.1. The van der Waals surface area contributed by atoms with Gasteiger partial charge < -0.3 is 41.9 Å². The third-order valence-corrected chi connectivity index (χ3v) is 28.7. The number of rotatable bonds is 13. The Hall–Kier alpha value is -16.6. The smallest absolute Gasteiger partial charge is 0.496 e. The van der Waals surface area contributed by atoms with Crippen LogP contribution in [0.15, 0.2) is 495 Å². The van der Waals surface area contributed by atoms with Crippen molar-refractivity contribution < 1.29 is 36.5 Å². The van der Waals surface area contributed by atoms with Gasteiger partial charge in [-0.05, 0) is 288 Å². The largest absolute Gasteiger partial charge is 0.498 e. The molecule has 0 aliphatic carbocycles. The molecule has 0 amide bonds. The normalized spacial score (nSPS) is 13.1. The third-order valence-electron chi connectivity index (χ3n) is 27.3. The highest BCUT2D eigenvalue weighted by Gasteiger charge is 2.57. The molecule has 27 rings (SSSR count). The number of methoxy groups -OCH3 is 1. The number of nitrogens with one attached hydrogen (secondary N) is 1. The van der Waals surface area contributed by atoms with Crippen LogP contribution in [0.5, 0.6) is 5.75 Å². The number of aldehydes is 1. The summed E-state index contributed by atoms with van der Waals surface area (Å²) in [6.45, 7) is 10.1. The Morgan fingerprint density at radius 2 is 0.639 bits per heavy atom. The van der Waals surface area contributed by atoms with Gasteiger partial charge in [0.2, 0.25) is 5.60 Å². The summed E-state index contributed by atoms with van der Waals surface area (Å²) in [5, 5.41) is 24.1. The van der Waals surface area contributed by atoms with Crippen LogP contribution in [0.3, 0.4) is 0 Å². The highest BCUT2D eigenvalue weighted by molar-refractivity contribution is 9.10. The van der Waals surface area contributed by atoms with E-state index in [4.69, 9.17) is 66.5 Å². The van der Waals surface area contributed by atoms with Crippen LogP contribution in [0.2, 0.25) is 15.1 Å². The zero-order valence-corrected chi connectivity index (χ0v) is 84.5. The molecule has 22 aromatic carbocycles. The number of hydrogen-bond donors (Lipinski definition) is 1. The Morgan fingerprint density at radius 3 is 1.08 bits per heavy atom. The monoisotopic (exact) mass is 2030 g/mol. The SMILES string of the molecule is COc1ccc(Cl)cc1-c1ccc2c(c1)oc1ccccc12.Clc1ccc2ccc3cc4c(cc3c2c1)oc1ccccc14.O=Cc1ccc(Cl)cc1Br.[CH2+]C1(C)OB(c2ccc3c(c2)oc2ccccc23)OC1(C)C.c1ccc(-c2ccc(N(c3ccc(-c4ccccc4)cc3)c3ccc4ccc5cc6c(cc5c4c3)oc3ccccc36)cc2)cc1.c1ccc(-c2ccc(Nc3ccc(-c4ccccc4)cc3)cc2)cc1. The molecule has 1 aliphatic heterocycles. The molecule has 0 saturated carbocycles. The molecule has 0 spiro atoms. The van der Waals surface area contributed by atoms with Gasteiger partial charge in [-0.2, -0.15) is 0 Å². The first-order valence-electron chi connectivity index (χ1n) is 48.5. The summed E-state index contributed by atoms with van der Waals surface area (Å²) in [5.41, 5.74) is 24.9. The first-order valence-corrected chi connectivity index (χ1v) is 50.4. The van der Waals surface area contributed by atoms with Gasteiger partial charge in [0.1, 0.15) is 56.0 Å². The number of halogens is 4. The molecule has 1 saturated heterocycles. The van der Waals surface area contributed by atoms with Crippen molar-refractivity contribution in [2.45, 2.75) is 32.0 Å². The summed E-state index contributed by atoms with van der Waals surface area (Å²) in [6.07, 6.45) is 0.778. The molecule has 1 N–H and O–H groups in total. The maximum Gasteiger partial charge on any atom is 0.498 e. The molecule has 1 atom stereocenters. The Morgan fingerprint density at radius 1 is 0.299 bits per heavy atom. The van der Waals surface area contributed by atoms with Crippen LogP contribution in [0, 0.1) is 6.92 Å². The molecule has 710 valence electrons. The Kier molecular flexibility index (Phi) is 26.9. The minimum Gasteiger partial charge on any atom is -0.496 e. The van der Waals surface area contributed by atoms with Gasteiger partial charge in [-0.3, -0.25) is 4.79 Å². The maximum atomic E-state index is 10.3. The van der Waals surface area contributed by atoms with E-state index in [-0.39, 0.29) is 0 Å². The minimum absolute atomic E-state index is 0.421. The number of para-hydroxylation sites is 4. The Labute approximate surface area is 874 Å². The van der Waals surface area contributed by atoms with Gasteiger partial charge in [-0.25, -0.2) is 0 Å². The van der Waals surface area contributed by atoms with E-state index in [0.29, 0.717) is 15.6 Å². The van der Waals surface area contributed by atoms with Crippen LogP contribution in [0.1, 0.15) is 31.1 Å². The molecule has 0 bridgehead atoms. The lowest BCUT2D eigenvalue weighted by Gasteiger charge is -2.26. The topological polar surface area (TPSA) is 113 Å². The van der Waals surface area contributed by atoms with Crippen LogP contribution in [-0.2, 0) is 9.31 Å². The summed E-state index contributed by atoms with van der Waals surface area (Å²) >= 11 is 21.1. The molecule has 4 aromatic heterocycles. The van der Waals surface area contributed by atoms with Crippen molar-refractivity contribution in [1.82, 2.24) is 0 Å². The van der Waals surface area contributed by atoms with Crippen LogP contribution in [0.25, 0.3) is 186 Å². The number of benzene rings is 22. The molecule has 15 heteroatoms. The van der Waals surface area contributed by atoms with E-state index >= 15 is 0 Å². The summed E-state index contributed by atoms with van der Waals surface area (Å²) in [7, 11) is 1.24. The average molecular weight is 2030 g/mol. The van der Waals surface area contributed by atoms with E-state index in [0.717, 1.165) is 160 Å². The number of nitrogens with zero attached hydrogens (tertiary/aromatic N) is 1. The molecule has 1 fully saturated rings. The quantitative estimate of drug-likeness (QED) is 0.0518. The number of ether oxygens (including phenoxy) is 1. The van der Waals surface area contributed by atoms with Gasteiger partial charge >= 0.3 is 7.12 Å². The third kappa shape index (κ3) is 20.2. The lowest BCUT2D eigenvalue weighted by atomic mass is 9.79. The fourth-order valence-corrected chi connectivity index (χ4v) is 20.2. The van der Waals surface area contributed by atoms with Gasteiger partial charge in [0.25, 0.3) is 0 Å². The summed E-state index contributed by atoms with van der Waals surface area (Å²) in [4.78, 5) is 12.6. The van der Waals surface area contributed by atoms with Crippen LogP contribution < -0.4 is 20.4 Å². The zero-order valence-electron chi connectivity index (χ0n) is 80.6. The van der Waals surface area contributed by atoms with Crippen molar-refractivity contribution in [2.75, 3.05) is 17.3 Å². The van der Waals surface area contributed by atoms with E-state index in [1.807, 2.05) is 148 Å². The van der Waals surface area contributed by atoms with Gasteiger partial charge in [-0.15, -0.1) is 0 Å². The van der Waals surface area contributed by atoms with E-state index in [2.05, 4.69) is 361 Å². The van der Waals surface area contributed by atoms with E-state index in [1.165, 1.54) is 82.2 Å². The van der Waals surface area contributed by atoms with Gasteiger partial charge in [0.05, 0.1) is 14.0 Å². The van der Waals surface area contributed by atoms with Gasteiger partial charge in [0, 0.05) is 109 Å². The van der Waals surface area contributed by atoms with Crippen molar-refractivity contribution >= 4 is 229 Å². The highest BCUT2D eigenvalue weighted by atomic mass is 79.9. The molecule has 26 aromatic rings. The second-order valence-corrected chi connectivity index (χ2v) is 39.2. The molecule has 0 radical (unpaired) electrons. The highest BCUT2D eigenvalue weighted by Crippen LogP contribution is 2.46. The van der Waals surface area contributed by atoms with Crippen LogP contribution in [-0.4, -0.2) is 31.7 Å². The second-order valence-electron chi connectivity index (χ2n) is 37.0. The number of carbonyl (C=O) groups excluding carboxylic acids is 1. The van der Waals surface area contributed by atoms with Gasteiger partial charge in [-0.1, -0.05) is 348 Å². The van der Waals surface area contributed by atoms with Crippen molar-refractivity contribution in [2.24, 2.45) is 0 Å². The number of carbonyl (C=O) groups is 1. The van der Waals surface area contributed by atoms with Crippen molar-refractivity contribution in [1.29, 1.82) is 0 Å². The summed E-state index contributed by atoms with van der Waals surface area (Å²) < 4.78 is 42.4. The predicted molar refractivity (Wildman–Crippen MR) is 619 cm³/mol. The maximum absolute atomic E-state index is 10.3. The minimum atomic E-state index is -0.583. The summed E-state index contributed by atoms with van der Waals surface area (Å²) in [5.74, 6) is 0.792. The lowest BCUT2D eigenvalue weighted by Crippen LogP contribution is -2.42.